The molecular weight excluding hydrogens is 384 g/mol. The van der Waals surface area contributed by atoms with Crippen molar-refractivity contribution >= 4 is 33.2 Å². The molecule has 0 spiro atoms. The summed E-state index contributed by atoms with van der Waals surface area (Å²) in [4.78, 5) is 12.4. The van der Waals surface area contributed by atoms with E-state index >= 15 is 0 Å². The molecule has 0 bridgehead atoms. The number of carbonyl (C=O) groups excluding carboxylic acids is 1. The summed E-state index contributed by atoms with van der Waals surface area (Å²) in [6.45, 7) is 3.76. The molecule has 1 aliphatic carbocycles. The van der Waals surface area contributed by atoms with Crippen molar-refractivity contribution in [3.8, 4) is 0 Å². The van der Waals surface area contributed by atoms with Crippen LogP contribution in [-0.2, 0) is 10.0 Å². The summed E-state index contributed by atoms with van der Waals surface area (Å²) < 4.78 is 28.3. The van der Waals surface area contributed by atoms with Gasteiger partial charge in [-0.1, -0.05) is 36.6 Å². The summed E-state index contributed by atoms with van der Waals surface area (Å²) >= 11 is 6.14. The summed E-state index contributed by atoms with van der Waals surface area (Å²) in [7, 11) is -3.93. The SMILES string of the molecule is Cc1cccc(NS(=O)(=O)c2cc(C(=O)NC3CCCC3)ccc2Cl)c1C. The Morgan fingerprint density at radius 3 is 2.52 bits per heavy atom. The van der Waals surface area contributed by atoms with Gasteiger partial charge in [0.1, 0.15) is 4.90 Å². The van der Waals surface area contributed by atoms with E-state index in [1.807, 2.05) is 19.9 Å². The van der Waals surface area contributed by atoms with Crippen LogP contribution in [0.1, 0.15) is 47.2 Å². The van der Waals surface area contributed by atoms with Gasteiger partial charge < -0.3 is 5.32 Å². The zero-order chi connectivity index (χ0) is 19.6. The number of hydrogen-bond donors (Lipinski definition) is 2. The molecular formula is C20H23ClN2O3S. The highest BCUT2D eigenvalue weighted by atomic mass is 35.5. The number of hydrogen-bond acceptors (Lipinski definition) is 3. The molecule has 0 aromatic heterocycles. The monoisotopic (exact) mass is 406 g/mol. The number of benzene rings is 2. The molecule has 3 rings (SSSR count). The summed E-state index contributed by atoms with van der Waals surface area (Å²) in [6.07, 6.45) is 4.12. The van der Waals surface area contributed by atoms with E-state index in [9.17, 15) is 13.2 Å². The molecule has 2 aromatic rings. The van der Waals surface area contributed by atoms with Crippen LogP contribution in [0.4, 0.5) is 5.69 Å². The van der Waals surface area contributed by atoms with Gasteiger partial charge >= 0.3 is 0 Å². The normalized spacial score (nSPS) is 14.9. The number of rotatable bonds is 5. The second-order valence-electron chi connectivity index (χ2n) is 6.95. The third kappa shape index (κ3) is 4.45. The lowest BCUT2D eigenvalue weighted by Gasteiger charge is -2.15. The van der Waals surface area contributed by atoms with Crippen LogP contribution in [0.5, 0.6) is 0 Å². The molecule has 27 heavy (non-hydrogen) atoms. The summed E-state index contributed by atoms with van der Waals surface area (Å²) in [5.74, 6) is -0.276. The Morgan fingerprint density at radius 1 is 1.11 bits per heavy atom. The second kappa shape index (κ2) is 7.90. The Balaban J connectivity index is 1.88. The van der Waals surface area contributed by atoms with Crippen LogP contribution in [-0.4, -0.2) is 20.4 Å². The van der Waals surface area contributed by atoms with Crippen molar-refractivity contribution in [2.45, 2.75) is 50.5 Å². The van der Waals surface area contributed by atoms with Crippen LogP contribution in [0.2, 0.25) is 5.02 Å². The molecule has 0 aliphatic heterocycles. The first-order valence-electron chi connectivity index (χ1n) is 8.97. The highest BCUT2D eigenvalue weighted by Gasteiger charge is 2.23. The first-order valence-corrected chi connectivity index (χ1v) is 10.8. The molecule has 0 saturated heterocycles. The molecule has 144 valence electrons. The minimum absolute atomic E-state index is 0.0743. The molecule has 1 fully saturated rings. The van der Waals surface area contributed by atoms with Crippen molar-refractivity contribution in [3.63, 3.8) is 0 Å². The van der Waals surface area contributed by atoms with Gasteiger partial charge in [0, 0.05) is 11.6 Å². The highest BCUT2D eigenvalue weighted by molar-refractivity contribution is 7.92. The van der Waals surface area contributed by atoms with E-state index in [4.69, 9.17) is 11.6 Å². The average Bonchev–Trinajstić information content (AvgIpc) is 3.12. The number of amides is 1. The Kier molecular flexibility index (Phi) is 5.77. The summed E-state index contributed by atoms with van der Waals surface area (Å²) in [5.41, 5.74) is 2.60. The summed E-state index contributed by atoms with van der Waals surface area (Å²) in [5, 5.41) is 3.04. The standard InChI is InChI=1S/C20H23ClN2O3S/c1-13-6-5-9-18(14(13)2)23-27(25,26)19-12-15(10-11-17(19)21)20(24)22-16-7-3-4-8-16/h5-6,9-12,16,23H,3-4,7-8H2,1-2H3,(H,22,24). The zero-order valence-electron chi connectivity index (χ0n) is 15.4. The van der Waals surface area contributed by atoms with Gasteiger partial charge in [-0.25, -0.2) is 8.42 Å². The molecule has 1 aliphatic rings. The fourth-order valence-electron chi connectivity index (χ4n) is 3.25. The van der Waals surface area contributed by atoms with E-state index in [0.29, 0.717) is 5.69 Å². The van der Waals surface area contributed by atoms with Crippen molar-refractivity contribution in [1.29, 1.82) is 0 Å². The Hall–Kier alpha value is -2.05. The van der Waals surface area contributed by atoms with Crippen molar-refractivity contribution in [2.24, 2.45) is 0 Å². The van der Waals surface area contributed by atoms with Crippen LogP contribution >= 0.6 is 11.6 Å². The predicted octanol–water partition coefficient (Wildman–Crippen LogP) is 4.43. The van der Waals surface area contributed by atoms with Gasteiger partial charge in [-0.05, 0) is 62.1 Å². The van der Waals surface area contributed by atoms with Crippen LogP contribution in [0.3, 0.4) is 0 Å². The maximum atomic E-state index is 12.9. The number of halogens is 1. The van der Waals surface area contributed by atoms with Crippen LogP contribution in [0, 0.1) is 13.8 Å². The van der Waals surface area contributed by atoms with E-state index in [-0.39, 0.29) is 27.4 Å². The second-order valence-corrected chi connectivity index (χ2v) is 9.01. The quantitative estimate of drug-likeness (QED) is 0.771. The van der Waals surface area contributed by atoms with Crippen LogP contribution in [0.25, 0.3) is 0 Å². The fraction of sp³-hybridized carbons (Fsp3) is 0.350. The number of carbonyl (C=O) groups is 1. The number of nitrogens with one attached hydrogen (secondary N) is 2. The lowest BCUT2D eigenvalue weighted by atomic mass is 10.1. The minimum Gasteiger partial charge on any atom is -0.349 e. The molecule has 2 N–H and O–H groups in total. The molecule has 0 radical (unpaired) electrons. The fourth-order valence-corrected chi connectivity index (χ4v) is 4.90. The molecule has 1 saturated carbocycles. The molecule has 2 aromatic carbocycles. The first kappa shape index (κ1) is 19.7. The van der Waals surface area contributed by atoms with Crippen molar-refractivity contribution in [1.82, 2.24) is 5.32 Å². The van der Waals surface area contributed by atoms with E-state index in [1.165, 1.54) is 12.1 Å². The van der Waals surface area contributed by atoms with Crippen molar-refractivity contribution < 1.29 is 13.2 Å². The van der Waals surface area contributed by atoms with E-state index in [0.717, 1.165) is 36.8 Å². The summed E-state index contributed by atoms with van der Waals surface area (Å²) in [6, 6.07) is 9.87. The first-order chi connectivity index (χ1) is 12.8. The Bertz CT molecular complexity index is 967. The Morgan fingerprint density at radius 2 is 1.81 bits per heavy atom. The van der Waals surface area contributed by atoms with E-state index in [2.05, 4.69) is 10.0 Å². The van der Waals surface area contributed by atoms with Gasteiger partial charge in [-0.2, -0.15) is 0 Å². The molecule has 5 nitrogen and oxygen atoms in total. The smallest absolute Gasteiger partial charge is 0.263 e. The zero-order valence-corrected chi connectivity index (χ0v) is 17.0. The molecule has 0 heterocycles. The van der Waals surface area contributed by atoms with Gasteiger partial charge in [0.2, 0.25) is 0 Å². The molecule has 0 atom stereocenters. The lowest BCUT2D eigenvalue weighted by Crippen LogP contribution is -2.32. The van der Waals surface area contributed by atoms with Gasteiger partial charge in [0.05, 0.1) is 10.7 Å². The lowest BCUT2D eigenvalue weighted by molar-refractivity contribution is 0.0937. The number of anilines is 1. The van der Waals surface area contributed by atoms with Crippen molar-refractivity contribution in [2.75, 3.05) is 4.72 Å². The average molecular weight is 407 g/mol. The maximum absolute atomic E-state index is 12.9. The number of aryl methyl sites for hydroxylation is 1. The molecule has 7 heteroatoms. The van der Waals surface area contributed by atoms with Crippen LogP contribution in [0.15, 0.2) is 41.3 Å². The molecule has 1 amide bonds. The predicted molar refractivity (Wildman–Crippen MR) is 108 cm³/mol. The largest absolute Gasteiger partial charge is 0.349 e. The van der Waals surface area contributed by atoms with Gasteiger partial charge in [-0.3, -0.25) is 9.52 Å². The Labute approximate surface area is 165 Å². The van der Waals surface area contributed by atoms with Gasteiger partial charge in [-0.15, -0.1) is 0 Å². The molecule has 0 unspecified atom stereocenters. The topological polar surface area (TPSA) is 75.3 Å². The highest BCUT2D eigenvalue weighted by Crippen LogP contribution is 2.27. The van der Waals surface area contributed by atoms with Gasteiger partial charge in [0.25, 0.3) is 15.9 Å². The van der Waals surface area contributed by atoms with E-state index in [1.54, 1.807) is 18.2 Å². The third-order valence-electron chi connectivity index (χ3n) is 5.02. The maximum Gasteiger partial charge on any atom is 0.263 e. The third-order valence-corrected chi connectivity index (χ3v) is 6.87. The van der Waals surface area contributed by atoms with Crippen molar-refractivity contribution in [3.05, 3.63) is 58.1 Å². The van der Waals surface area contributed by atoms with Gasteiger partial charge in [0.15, 0.2) is 0 Å². The van der Waals surface area contributed by atoms with Crippen LogP contribution < -0.4 is 10.0 Å². The minimum atomic E-state index is -3.93. The van der Waals surface area contributed by atoms with E-state index < -0.39 is 10.0 Å². The number of sulfonamides is 1.